The second-order valence-electron chi connectivity index (χ2n) is 4.36. The van der Waals surface area contributed by atoms with Crippen LogP contribution in [-0.4, -0.2) is 41.9 Å². The number of nitrogens with one attached hydrogen (secondary N) is 1. The number of hydrogen-bond donors (Lipinski definition) is 1. The SMILES string of the molecule is CN1CCNC(Cc2ccccc2[N+](=O)[O-])C1=O. The molecule has 1 N–H and O–H groups in total. The number of para-hydroxylation sites is 1. The summed E-state index contributed by atoms with van der Waals surface area (Å²) >= 11 is 0. The van der Waals surface area contributed by atoms with Gasteiger partial charge in [-0.2, -0.15) is 0 Å². The third kappa shape index (κ3) is 2.48. The van der Waals surface area contributed by atoms with E-state index in [9.17, 15) is 14.9 Å². The van der Waals surface area contributed by atoms with Crippen LogP contribution in [-0.2, 0) is 11.2 Å². The molecule has 6 nitrogen and oxygen atoms in total. The molecular weight excluding hydrogens is 234 g/mol. The van der Waals surface area contributed by atoms with E-state index in [-0.39, 0.29) is 17.6 Å². The van der Waals surface area contributed by atoms with Gasteiger partial charge in [0.2, 0.25) is 5.91 Å². The van der Waals surface area contributed by atoms with Gasteiger partial charge >= 0.3 is 0 Å². The molecule has 0 bridgehead atoms. The number of amides is 1. The highest BCUT2D eigenvalue weighted by molar-refractivity contribution is 5.82. The summed E-state index contributed by atoms with van der Waals surface area (Å²) < 4.78 is 0. The van der Waals surface area contributed by atoms with Gasteiger partial charge in [0.25, 0.3) is 5.69 Å². The summed E-state index contributed by atoms with van der Waals surface area (Å²) in [6.07, 6.45) is 0.348. The second-order valence-corrected chi connectivity index (χ2v) is 4.36. The van der Waals surface area contributed by atoms with Crippen molar-refractivity contribution in [2.75, 3.05) is 20.1 Å². The highest BCUT2D eigenvalue weighted by Crippen LogP contribution is 2.20. The summed E-state index contributed by atoms with van der Waals surface area (Å²) in [5.74, 6) is -0.0144. The van der Waals surface area contributed by atoms with Gasteiger partial charge in [-0.1, -0.05) is 18.2 Å². The average molecular weight is 249 g/mol. The molecular formula is C12H15N3O3. The molecule has 96 valence electrons. The molecule has 1 unspecified atom stereocenters. The number of carbonyl (C=O) groups excluding carboxylic acids is 1. The van der Waals surface area contributed by atoms with Crippen LogP contribution in [0.5, 0.6) is 0 Å². The van der Waals surface area contributed by atoms with Crippen LogP contribution in [0.25, 0.3) is 0 Å². The standard InChI is InChI=1S/C12H15N3O3/c1-14-7-6-13-10(12(14)16)8-9-4-2-3-5-11(9)15(17)18/h2-5,10,13H,6-8H2,1H3. The third-order valence-electron chi connectivity index (χ3n) is 3.12. The minimum atomic E-state index is -0.410. The molecule has 1 aromatic rings. The number of rotatable bonds is 3. The fourth-order valence-corrected chi connectivity index (χ4v) is 2.11. The quantitative estimate of drug-likeness (QED) is 0.627. The van der Waals surface area contributed by atoms with Crippen LogP contribution < -0.4 is 5.32 Å². The van der Waals surface area contributed by atoms with Crippen molar-refractivity contribution in [1.29, 1.82) is 0 Å². The minimum absolute atomic E-state index is 0.0144. The molecule has 1 saturated heterocycles. The lowest BCUT2D eigenvalue weighted by Crippen LogP contribution is -2.54. The zero-order valence-electron chi connectivity index (χ0n) is 10.1. The fourth-order valence-electron chi connectivity index (χ4n) is 2.11. The van der Waals surface area contributed by atoms with Crippen molar-refractivity contribution in [3.8, 4) is 0 Å². The summed E-state index contributed by atoms with van der Waals surface area (Å²) in [4.78, 5) is 24.0. The van der Waals surface area contributed by atoms with Crippen LogP contribution in [0.15, 0.2) is 24.3 Å². The van der Waals surface area contributed by atoms with Gasteiger partial charge in [-0.25, -0.2) is 0 Å². The second kappa shape index (κ2) is 5.14. The normalized spacial score (nSPS) is 19.9. The predicted molar refractivity (Wildman–Crippen MR) is 66.2 cm³/mol. The lowest BCUT2D eigenvalue weighted by molar-refractivity contribution is -0.385. The Labute approximate surface area is 105 Å². The zero-order valence-corrected chi connectivity index (χ0v) is 10.1. The first kappa shape index (κ1) is 12.5. The summed E-state index contributed by atoms with van der Waals surface area (Å²) in [5, 5.41) is 14.0. The van der Waals surface area contributed by atoms with Crippen molar-refractivity contribution in [1.82, 2.24) is 10.2 Å². The summed E-state index contributed by atoms with van der Waals surface area (Å²) in [7, 11) is 1.75. The number of nitro benzene ring substituents is 1. The molecule has 1 heterocycles. The van der Waals surface area contributed by atoms with E-state index in [0.29, 0.717) is 25.1 Å². The van der Waals surface area contributed by atoms with E-state index < -0.39 is 4.92 Å². The number of nitro groups is 1. The lowest BCUT2D eigenvalue weighted by Gasteiger charge is -2.30. The topological polar surface area (TPSA) is 75.5 Å². The monoisotopic (exact) mass is 249 g/mol. The molecule has 1 aromatic carbocycles. The van der Waals surface area contributed by atoms with Gasteiger partial charge in [0, 0.05) is 38.2 Å². The first-order chi connectivity index (χ1) is 8.59. The number of nitrogens with zero attached hydrogens (tertiary/aromatic N) is 2. The molecule has 0 saturated carbocycles. The molecule has 0 aromatic heterocycles. The largest absolute Gasteiger partial charge is 0.343 e. The molecule has 0 radical (unpaired) electrons. The first-order valence-electron chi connectivity index (χ1n) is 5.80. The Morgan fingerprint density at radius 1 is 1.50 bits per heavy atom. The Balaban J connectivity index is 2.18. The predicted octanol–water partition coefficient (Wildman–Crippen LogP) is 0.567. The van der Waals surface area contributed by atoms with Crippen molar-refractivity contribution in [2.45, 2.75) is 12.5 Å². The van der Waals surface area contributed by atoms with E-state index in [0.717, 1.165) is 0 Å². The van der Waals surface area contributed by atoms with Gasteiger partial charge < -0.3 is 10.2 Å². The number of benzene rings is 1. The molecule has 6 heteroatoms. The molecule has 1 aliphatic heterocycles. The van der Waals surface area contributed by atoms with Crippen LogP contribution in [0, 0.1) is 10.1 Å². The van der Waals surface area contributed by atoms with Gasteiger partial charge in [-0.15, -0.1) is 0 Å². The lowest BCUT2D eigenvalue weighted by atomic mass is 10.0. The number of likely N-dealkylation sites (N-methyl/N-ethyl adjacent to an activating group) is 1. The van der Waals surface area contributed by atoms with Crippen molar-refractivity contribution in [3.63, 3.8) is 0 Å². The van der Waals surface area contributed by atoms with Crippen molar-refractivity contribution < 1.29 is 9.72 Å². The van der Waals surface area contributed by atoms with E-state index in [1.165, 1.54) is 6.07 Å². The van der Waals surface area contributed by atoms with Crippen LogP contribution in [0.4, 0.5) is 5.69 Å². The molecule has 1 fully saturated rings. The molecule has 2 rings (SSSR count). The van der Waals surface area contributed by atoms with Crippen LogP contribution in [0.2, 0.25) is 0 Å². The van der Waals surface area contributed by atoms with Gasteiger partial charge in [-0.3, -0.25) is 14.9 Å². The third-order valence-corrected chi connectivity index (χ3v) is 3.12. The maximum Gasteiger partial charge on any atom is 0.272 e. The summed E-state index contributed by atoms with van der Waals surface area (Å²) in [6, 6.07) is 6.17. The van der Waals surface area contributed by atoms with E-state index in [2.05, 4.69) is 5.32 Å². The van der Waals surface area contributed by atoms with E-state index in [1.807, 2.05) is 0 Å². The maximum absolute atomic E-state index is 11.9. The molecule has 1 aliphatic rings. The van der Waals surface area contributed by atoms with Crippen molar-refractivity contribution in [2.24, 2.45) is 0 Å². The van der Waals surface area contributed by atoms with Crippen LogP contribution in [0.1, 0.15) is 5.56 Å². The Hall–Kier alpha value is -1.95. The van der Waals surface area contributed by atoms with E-state index >= 15 is 0 Å². The van der Waals surface area contributed by atoms with Gasteiger partial charge in [-0.05, 0) is 0 Å². The van der Waals surface area contributed by atoms with Crippen LogP contribution >= 0.6 is 0 Å². The molecule has 0 aliphatic carbocycles. The highest BCUT2D eigenvalue weighted by Gasteiger charge is 2.28. The zero-order chi connectivity index (χ0) is 13.1. The summed E-state index contributed by atoms with van der Waals surface area (Å²) in [5.41, 5.74) is 0.656. The maximum atomic E-state index is 11.9. The van der Waals surface area contributed by atoms with Crippen molar-refractivity contribution >= 4 is 11.6 Å². The molecule has 1 atom stereocenters. The van der Waals surface area contributed by atoms with Crippen LogP contribution in [0.3, 0.4) is 0 Å². The number of hydrogen-bond acceptors (Lipinski definition) is 4. The van der Waals surface area contributed by atoms with Gasteiger partial charge in [0.1, 0.15) is 0 Å². The molecule has 18 heavy (non-hydrogen) atoms. The van der Waals surface area contributed by atoms with E-state index in [4.69, 9.17) is 0 Å². The minimum Gasteiger partial charge on any atom is -0.343 e. The van der Waals surface area contributed by atoms with E-state index in [1.54, 1.807) is 30.1 Å². The van der Waals surface area contributed by atoms with Gasteiger partial charge in [0.05, 0.1) is 11.0 Å². The summed E-state index contributed by atoms with van der Waals surface area (Å²) in [6.45, 7) is 1.39. The number of piperazine rings is 1. The Bertz CT molecular complexity index is 475. The fraction of sp³-hybridized carbons (Fsp3) is 0.417. The highest BCUT2D eigenvalue weighted by atomic mass is 16.6. The Morgan fingerprint density at radius 3 is 2.94 bits per heavy atom. The van der Waals surface area contributed by atoms with Gasteiger partial charge in [0.15, 0.2) is 0 Å². The molecule has 1 amide bonds. The Morgan fingerprint density at radius 2 is 2.22 bits per heavy atom. The average Bonchev–Trinajstić information content (AvgIpc) is 2.35. The smallest absolute Gasteiger partial charge is 0.272 e. The number of carbonyl (C=O) groups is 1. The first-order valence-corrected chi connectivity index (χ1v) is 5.80. The molecule has 0 spiro atoms. The van der Waals surface area contributed by atoms with Crippen molar-refractivity contribution in [3.05, 3.63) is 39.9 Å². The Kier molecular flexibility index (Phi) is 3.57.